The number of likely N-dealkylation sites (tertiary alicyclic amines) is 1. The summed E-state index contributed by atoms with van der Waals surface area (Å²) in [6.45, 7) is 1.97. The van der Waals surface area contributed by atoms with Crippen molar-refractivity contribution in [2.75, 3.05) is 30.9 Å². The molecular weight excluding hydrogens is 390 g/mol. The molecular formula is C24H27N5O2. The van der Waals surface area contributed by atoms with Crippen LogP contribution < -0.4 is 10.2 Å². The zero-order valence-corrected chi connectivity index (χ0v) is 17.9. The molecule has 0 atom stereocenters. The Balaban J connectivity index is 1.39. The fraction of sp³-hybridized carbons (Fsp3) is 0.292. The highest BCUT2D eigenvalue weighted by Crippen LogP contribution is 2.17. The standard InChI is InChI=1S/C24H27N5O2/c1-27(2)21-11-7-19(8-12-21)17-29-22(13-14-25-29)26-24(31)20-9-5-18(6-10-20)16-28-15-3-4-23(28)30/h5-14H,3-4,15-17H2,1-2H3,(H,26,31). The van der Waals surface area contributed by atoms with E-state index in [4.69, 9.17) is 0 Å². The highest BCUT2D eigenvalue weighted by Gasteiger charge is 2.20. The van der Waals surface area contributed by atoms with E-state index in [1.807, 2.05) is 31.1 Å². The monoisotopic (exact) mass is 417 g/mol. The first-order chi connectivity index (χ1) is 15.0. The normalized spacial score (nSPS) is 13.5. The lowest BCUT2D eigenvalue weighted by Gasteiger charge is -2.15. The van der Waals surface area contributed by atoms with Crippen LogP contribution in [-0.4, -0.2) is 47.1 Å². The fourth-order valence-corrected chi connectivity index (χ4v) is 3.68. The summed E-state index contributed by atoms with van der Waals surface area (Å²) < 4.78 is 1.77. The number of hydrogen-bond donors (Lipinski definition) is 1. The summed E-state index contributed by atoms with van der Waals surface area (Å²) in [6, 6.07) is 17.5. The lowest BCUT2D eigenvalue weighted by atomic mass is 10.1. The number of amides is 2. The van der Waals surface area contributed by atoms with E-state index in [-0.39, 0.29) is 11.8 Å². The first-order valence-electron chi connectivity index (χ1n) is 10.5. The summed E-state index contributed by atoms with van der Waals surface area (Å²) in [5.74, 6) is 0.661. The zero-order chi connectivity index (χ0) is 21.8. The third kappa shape index (κ3) is 4.94. The van der Waals surface area contributed by atoms with Crippen molar-refractivity contribution in [2.45, 2.75) is 25.9 Å². The Morgan fingerprint density at radius 2 is 1.68 bits per heavy atom. The number of carbonyl (C=O) groups excluding carboxylic acids is 2. The van der Waals surface area contributed by atoms with Gasteiger partial charge >= 0.3 is 0 Å². The first-order valence-corrected chi connectivity index (χ1v) is 10.5. The number of rotatable bonds is 7. The zero-order valence-electron chi connectivity index (χ0n) is 17.9. The summed E-state index contributed by atoms with van der Waals surface area (Å²) >= 11 is 0. The van der Waals surface area contributed by atoms with E-state index in [1.54, 1.807) is 29.1 Å². The van der Waals surface area contributed by atoms with E-state index in [2.05, 4.69) is 39.6 Å². The Bertz CT molecular complexity index is 1050. The lowest BCUT2D eigenvalue weighted by molar-refractivity contribution is -0.128. The summed E-state index contributed by atoms with van der Waals surface area (Å²) in [6.07, 6.45) is 3.24. The van der Waals surface area contributed by atoms with Crippen molar-refractivity contribution in [1.82, 2.24) is 14.7 Å². The van der Waals surface area contributed by atoms with Gasteiger partial charge in [-0.3, -0.25) is 9.59 Å². The van der Waals surface area contributed by atoms with E-state index in [9.17, 15) is 9.59 Å². The van der Waals surface area contributed by atoms with Crippen molar-refractivity contribution < 1.29 is 9.59 Å². The SMILES string of the molecule is CN(C)c1ccc(Cn2nccc2NC(=O)c2ccc(CN3CCCC3=O)cc2)cc1. The molecule has 2 heterocycles. The van der Waals surface area contributed by atoms with E-state index in [1.165, 1.54) is 0 Å². The average molecular weight is 418 g/mol. The topological polar surface area (TPSA) is 70.5 Å². The van der Waals surface area contributed by atoms with Crippen LogP contribution in [0.3, 0.4) is 0 Å². The molecule has 1 fully saturated rings. The van der Waals surface area contributed by atoms with E-state index in [0.717, 1.165) is 29.8 Å². The molecule has 1 N–H and O–H groups in total. The quantitative estimate of drug-likeness (QED) is 0.640. The van der Waals surface area contributed by atoms with Gasteiger partial charge in [-0.1, -0.05) is 24.3 Å². The van der Waals surface area contributed by atoms with Crippen LogP contribution in [0.2, 0.25) is 0 Å². The maximum Gasteiger partial charge on any atom is 0.256 e. The van der Waals surface area contributed by atoms with Crippen LogP contribution in [0, 0.1) is 0 Å². The number of carbonyl (C=O) groups is 2. The van der Waals surface area contributed by atoms with Crippen LogP contribution in [0.5, 0.6) is 0 Å². The van der Waals surface area contributed by atoms with Gasteiger partial charge in [-0.15, -0.1) is 0 Å². The van der Waals surface area contributed by atoms with Crippen LogP contribution in [0.15, 0.2) is 60.8 Å². The van der Waals surface area contributed by atoms with Crippen molar-refractivity contribution in [3.63, 3.8) is 0 Å². The molecule has 31 heavy (non-hydrogen) atoms. The molecule has 7 nitrogen and oxygen atoms in total. The maximum atomic E-state index is 12.7. The van der Waals surface area contributed by atoms with Gasteiger partial charge in [0, 0.05) is 50.9 Å². The van der Waals surface area contributed by atoms with E-state index < -0.39 is 0 Å². The molecule has 160 valence electrons. The number of hydrogen-bond acceptors (Lipinski definition) is 4. The van der Waals surface area contributed by atoms with Crippen molar-refractivity contribution in [3.8, 4) is 0 Å². The van der Waals surface area contributed by atoms with Gasteiger partial charge in [0.05, 0.1) is 12.7 Å². The molecule has 0 radical (unpaired) electrons. The molecule has 2 amide bonds. The molecule has 2 aromatic carbocycles. The van der Waals surface area contributed by atoms with Crippen molar-refractivity contribution in [3.05, 3.63) is 77.5 Å². The smallest absolute Gasteiger partial charge is 0.256 e. The number of nitrogens with one attached hydrogen (secondary N) is 1. The molecule has 0 spiro atoms. The molecule has 0 bridgehead atoms. The van der Waals surface area contributed by atoms with Crippen LogP contribution in [0.1, 0.15) is 34.3 Å². The van der Waals surface area contributed by atoms with E-state index >= 15 is 0 Å². The van der Waals surface area contributed by atoms with Gasteiger partial charge in [0.25, 0.3) is 5.91 Å². The molecule has 0 unspecified atom stereocenters. The van der Waals surface area contributed by atoms with Gasteiger partial charge < -0.3 is 15.1 Å². The van der Waals surface area contributed by atoms with Gasteiger partial charge in [-0.25, -0.2) is 4.68 Å². The predicted octanol–water partition coefficient (Wildman–Crippen LogP) is 3.37. The van der Waals surface area contributed by atoms with Gasteiger partial charge in [-0.2, -0.15) is 5.10 Å². The lowest BCUT2D eigenvalue weighted by Crippen LogP contribution is -2.23. The van der Waals surface area contributed by atoms with Crippen molar-refractivity contribution >= 4 is 23.3 Å². The maximum absolute atomic E-state index is 12.7. The highest BCUT2D eigenvalue weighted by molar-refractivity contribution is 6.03. The van der Waals surface area contributed by atoms with Crippen LogP contribution >= 0.6 is 0 Å². The van der Waals surface area contributed by atoms with Gasteiger partial charge in [0.1, 0.15) is 5.82 Å². The second-order valence-electron chi connectivity index (χ2n) is 8.00. The Hall–Kier alpha value is -3.61. The number of aromatic nitrogens is 2. The minimum absolute atomic E-state index is 0.187. The largest absolute Gasteiger partial charge is 0.378 e. The number of benzene rings is 2. The second kappa shape index (κ2) is 9.04. The summed E-state index contributed by atoms with van der Waals surface area (Å²) in [5.41, 5.74) is 3.83. The van der Waals surface area contributed by atoms with Gasteiger partial charge in [-0.05, 0) is 41.8 Å². The third-order valence-corrected chi connectivity index (χ3v) is 5.50. The number of nitrogens with zero attached hydrogens (tertiary/aromatic N) is 4. The Morgan fingerprint density at radius 1 is 1.00 bits per heavy atom. The van der Waals surface area contributed by atoms with E-state index in [0.29, 0.717) is 30.9 Å². The summed E-state index contributed by atoms with van der Waals surface area (Å²) in [4.78, 5) is 28.4. The molecule has 7 heteroatoms. The van der Waals surface area contributed by atoms with Gasteiger partial charge in [0.2, 0.25) is 5.91 Å². The number of anilines is 2. The van der Waals surface area contributed by atoms with Crippen LogP contribution in [0.25, 0.3) is 0 Å². The minimum Gasteiger partial charge on any atom is -0.378 e. The first kappa shape index (κ1) is 20.7. The molecule has 1 aliphatic heterocycles. The van der Waals surface area contributed by atoms with Crippen LogP contribution in [-0.2, 0) is 17.9 Å². The second-order valence-corrected chi connectivity index (χ2v) is 8.00. The van der Waals surface area contributed by atoms with Crippen molar-refractivity contribution in [2.24, 2.45) is 0 Å². The Morgan fingerprint density at radius 3 is 2.32 bits per heavy atom. The molecule has 1 aliphatic rings. The molecule has 1 saturated heterocycles. The molecule has 3 aromatic rings. The molecule has 4 rings (SSSR count). The predicted molar refractivity (Wildman–Crippen MR) is 121 cm³/mol. The summed E-state index contributed by atoms with van der Waals surface area (Å²) in [7, 11) is 4.02. The molecule has 1 aromatic heterocycles. The van der Waals surface area contributed by atoms with Crippen LogP contribution in [0.4, 0.5) is 11.5 Å². The minimum atomic E-state index is -0.187. The Labute approximate surface area is 182 Å². The molecule has 0 saturated carbocycles. The third-order valence-electron chi connectivity index (χ3n) is 5.50. The average Bonchev–Trinajstić information content (AvgIpc) is 3.37. The summed E-state index contributed by atoms with van der Waals surface area (Å²) in [5, 5.41) is 7.29. The molecule has 0 aliphatic carbocycles. The van der Waals surface area contributed by atoms with Gasteiger partial charge in [0.15, 0.2) is 0 Å². The highest BCUT2D eigenvalue weighted by atomic mass is 16.2. The Kier molecular flexibility index (Phi) is 6.02. The van der Waals surface area contributed by atoms with Crippen molar-refractivity contribution in [1.29, 1.82) is 0 Å². The fourth-order valence-electron chi connectivity index (χ4n) is 3.68.